The van der Waals surface area contributed by atoms with E-state index in [1.807, 2.05) is 44.3 Å². The van der Waals surface area contributed by atoms with Crippen molar-refractivity contribution in [2.24, 2.45) is 0 Å². The zero-order chi connectivity index (χ0) is 14.4. The van der Waals surface area contributed by atoms with E-state index in [2.05, 4.69) is 10.3 Å². The first-order valence-corrected chi connectivity index (χ1v) is 6.55. The maximum Gasteiger partial charge on any atom is 0.340 e. The first kappa shape index (κ1) is 14.2. The van der Waals surface area contributed by atoms with Gasteiger partial charge in [-0.15, -0.1) is 0 Å². The first-order valence-electron chi connectivity index (χ1n) is 6.55. The van der Waals surface area contributed by atoms with Crippen LogP contribution >= 0.6 is 0 Å². The van der Waals surface area contributed by atoms with Crippen molar-refractivity contribution in [3.8, 4) is 0 Å². The Kier molecular flexibility index (Phi) is 4.85. The molecule has 1 heterocycles. The second-order valence-corrected chi connectivity index (χ2v) is 4.56. The Bertz CT molecular complexity index is 543. The van der Waals surface area contributed by atoms with Crippen LogP contribution in [0.4, 0.5) is 0 Å². The van der Waals surface area contributed by atoms with Gasteiger partial charge in [0.25, 0.3) is 0 Å². The molecule has 0 saturated heterocycles. The van der Waals surface area contributed by atoms with Crippen LogP contribution in [-0.4, -0.2) is 24.0 Å². The summed E-state index contributed by atoms with van der Waals surface area (Å²) in [4.78, 5) is 16.1. The number of carbonyl (C=O) groups excluding carboxylic acids is 1. The lowest BCUT2D eigenvalue weighted by Gasteiger charge is -2.24. The van der Waals surface area contributed by atoms with E-state index in [0.717, 1.165) is 5.56 Å². The zero-order valence-corrected chi connectivity index (χ0v) is 11.6. The number of nitrogens with zero attached hydrogens (tertiary/aromatic N) is 1. The van der Waals surface area contributed by atoms with Gasteiger partial charge in [-0.2, -0.15) is 0 Å². The Labute approximate surface area is 118 Å². The third-order valence-corrected chi connectivity index (χ3v) is 3.17. The molecule has 0 bridgehead atoms. The second-order valence-electron chi connectivity index (χ2n) is 4.56. The molecule has 20 heavy (non-hydrogen) atoms. The Morgan fingerprint density at radius 1 is 1.20 bits per heavy atom. The topological polar surface area (TPSA) is 51.2 Å². The molecule has 0 amide bonds. The summed E-state index contributed by atoms with van der Waals surface area (Å²) in [6.07, 6.45) is 2.80. The SMILES string of the molecule is CNC(C)C(OC(=O)c1cccnc1)c1ccccc1. The molecule has 0 aliphatic carbocycles. The van der Waals surface area contributed by atoms with Crippen LogP contribution in [0.25, 0.3) is 0 Å². The minimum Gasteiger partial charge on any atom is -0.452 e. The van der Waals surface area contributed by atoms with Gasteiger partial charge in [0.2, 0.25) is 0 Å². The minimum absolute atomic E-state index is 0.0121. The summed E-state index contributed by atoms with van der Waals surface area (Å²) in [5.41, 5.74) is 1.42. The van der Waals surface area contributed by atoms with Crippen molar-refractivity contribution in [3.05, 3.63) is 66.0 Å². The molecule has 2 aromatic rings. The number of esters is 1. The summed E-state index contributed by atoms with van der Waals surface area (Å²) in [6, 6.07) is 13.1. The Morgan fingerprint density at radius 2 is 1.95 bits per heavy atom. The van der Waals surface area contributed by atoms with E-state index < -0.39 is 0 Å². The molecule has 0 saturated carbocycles. The third kappa shape index (κ3) is 3.42. The monoisotopic (exact) mass is 270 g/mol. The molecule has 0 spiro atoms. The lowest BCUT2D eigenvalue weighted by molar-refractivity contribution is 0.0218. The number of nitrogens with one attached hydrogen (secondary N) is 1. The van der Waals surface area contributed by atoms with Gasteiger partial charge in [-0.3, -0.25) is 4.98 Å². The maximum absolute atomic E-state index is 12.2. The number of ether oxygens (including phenoxy) is 1. The van der Waals surface area contributed by atoms with Crippen molar-refractivity contribution in [2.75, 3.05) is 7.05 Å². The fraction of sp³-hybridized carbons (Fsp3) is 0.250. The molecule has 4 heteroatoms. The number of hydrogen-bond acceptors (Lipinski definition) is 4. The van der Waals surface area contributed by atoms with E-state index in [-0.39, 0.29) is 18.1 Å². The molecule has 2 unspecified atom stereocenters. The molecule has 2 atom stereocenters. The smallest absolute Gasteiger partial charge is 0.340 e. The van der Waals surface area contributed by atoms with Crippen molar-refractivity contribution in [1.29, 1.82) is 0 Å². The average molecular weight is 270 g/mol. The van der Waals surface area contributed by atoms with Crippen molar-refractivity contribution in [3.63, 3.8) is 0 Å². The number of carbonyl (C=O) groups is 1. The Morgan fingerprint density at radius 3 is 2.55 bits per heavy atom. The highest BCUT2D eigenvalue weighted by Gasteiger charge is 2.23. The quantitative estimate of drug-likeness (QED) is 0.848. The van der Waals surface area contributed by atoms with E-state index in [0.29, 0.717) is 5.56 Å². The van der Waals surface area contributed by atoms with Crippen molar-refractivity contribution >= 4 is 5.97 Å². The largest absolute Gasteiger partial charge is 0.452 e. The van der Waals surface area contributed by atoms with Gasteiger partial charge in [0.1, 0.15) is 6.10 Å². The number of aromatic nitrogens is 1. The van der Waals surface area contributed by atoms with Gasteiger partial charge >= 0.3 is 5.97 Å². The minimum atomic E-state index is -0.367. The van der Waals surface area contributed by atoms with Crippen LogP contribution in [-0.2, 0) is 4.74 Å². The van der Waals surface area contributed by atoms with Gasteiger partial charge in [-0.25, -0.2) is 4.79 Å². The average Bonchev–Trinajstić information content (AvgIpc) is 2.53. The summed E-state index contributed by atoms with van der Waals surface area (Å²) < 4.78 is 5.63. The highest BCUT2D eigenvalue weighted by molar-refractivity contribution is 5.89. The fourth-order valence-electron chi connectivity index (χ4n) is 1.92. The van der Waals surface area contributed by atoms with Gasteiger partial charge in [-0.05, 0) is 31.7 Å². The first-order chi connectivity index (χ1) is 9.72. The van der Waals surface area contributed by atoms with Crippen LogP contribution < -0.4 is 5.32 Å². The lowest BCUT2D eigenvalue weighted by Crippen LogP contribution is -2.32. The van der Waals surface area contributed by atoms with E-state index in [9.17, 15) is 4.79 Å². The predicted octanol–water partition coefficient (Wildman–Crippen LogP) is 2.59. The molecular weight excluding hydrogens is 252 g/mol. The second kappa shape index (κ2) is 6.82. The molecule has 0 radical (unpaired) electrons. The fourth-order valence-corrected chi connectivity index (χ4v) is 1.92. The Hall–Kier alpha value is -2.20. The van der Waals surface area contributed by atoms with Gasteiger partial charge in [0.05, 0.1) is 5.56 Å². The highest BCUT2D eigenvalue weighted by Crippen LogP contribution is 2.22. The van der Waals surface area contributed by atoms with Gasteiger partial charge < -0.3 is 10.1 Å². The molecule has 4 nitrogen and oxygen atoms in total. The predicted molar refractivity (Wildman–Crippen MR) is 77.4 cm³/mol. The number of likely N-dealkylation sites (N-methyl/N-ethyl adjacent to an activating group) is 1. The standard InChI is InChI=1S/C16H18N2O2/c1-12(17-2)15(13-7-4-3-5-8-13)20-16(19)14-9-6-10-18-11-14/h3-12,15,17H,1-2H3. The van der Waals surface area contributed by atoms with Gasteiger partial charge in [-0.1, -0.05) is 30.3 Å². The van der Waals surface area contributed by atoms with Crippen molar-refractivity contribution in [1.82, 2.24) is 10.3 Å². The number of pyridine rings is 1. The van der Waals surface area contributed by atoms with E-state index in [1.165, 1.54) is 6.20 Å². The molecule has 0 fully saturated rings. The van der Waals surface area contributed by atoms with Crippen LogP contribution in [0.1, 0.15) is 28.9 Å². The van der Waals surface area contributed by atoms with E-state index >= 15 is 0 Å². The Balaban J connectivity index is 2.19. The van der Waals surface area contributed by atoms with Gasteiger partial charge in [0.15, 0.2) is 0 Å². The normalized spacial score (nSPS) is 13.5. The zero-order valence-electron chi connectivity index (χ0n) is 11.6. The van der Waals surface area contributed by atoms with Crippen LogP contribution in [0, 0.1) is 0 Å². The summed E-state index contributed by atoms with van der Waals surface area (Å²) in [7, 11) is 1.85. The molecule has 1 N–H and O–H groups in total. The molecule has 1 aromatic heterocycles. The summed E-state index contributed by atoms with van der Waals surface area (Å²) in [5.74, 6) is -0.367. The summed E-state index contributed by atoms with van der Waals surface area (Å²) in [6.45, 7) is 1.98. The third-order valence-electron chi connectivity index (χ3n) is 3.17. The molecule has 0 aliphatic heterocycles. The summed E-state index contributed by atoms with van der Waals surface area (Å²) >= 11 is 0. The molecular formula is C16H18N2O2. The van der Waals surface area contributed by atoms with Gasteiger partial charge in [0, 0.05) is 18.4 Å². The number of benzene rings is 1. The van der Waals surface area contributed by atoms with Crippen LogP contribution in [0.5, 0.6) is 0 Å². The summed E-state index contributed by atoms with van der Waals surface area (Å²) in [5, 5.41) is 3.13. The molecule has 2 rings (SSSR count). The van der Waals surface area contributed by atoms with Crippen molar-refractivity contribution in [2.45, 2.75) is 19.1 Å². The van der Waals surface area contributed by atoms with Crippen molar-refractivity contribution < 1.29 is 9.53 Å². The molecule has 1 aromatic carbocycles. The molecule has 0 aliphatic rings. The van der Waals surface area contributed by atoms with E-state index in [4.69, 9.17) is 4.74 Å². The maximum atomic E-state index is 12.2. The van der Waals surface area contributed by atoms with Crippen LogP contribution in [0.15, 0.2) is 54.9 Å². The van der Waals surface area contributed by atoms with E-state index in [1.54, 1.807) is 18.3 Å². The number of hydrogen-bond donors (Lipinski definition) is 1. The highest BCUT2D eigenvalue weighted by atomic mass is 16.5. The lowest BCUT2D eigenvalue weighted by atomic mass is 10.0. The van der Waals surface area contributed by atoms with Crippen LogP contribution in [0.2, 0.25) is 0 Å². The number of rotatable bonds is 5. The molecule has 104 valence electrons. The van der Waals surface area contributed by atoms with Crippen LogP contribution in [0.3, 0.4) is 0 Å².